The lowest BCUT2D eigenvalue weighted by atomic mass is 9.81. The van der Waals surface area contributed by atoms with Crippen LogP contribution in [0.25, 0.3) is 0 Å². The van der Waals surface area contributed by atoms with E-state index in [2.05, 4.69) is 15.4 Å². The standard InChI is InChI=1S/C15H21ClFN3O3S/c1-10(21)20-13-8-12(17)14(7-11(13)16)24(22,23)19-9-15(2)3-5-18-6-4-15/h7-8,18-19H,3-6,9H2,1-2H3,(H,20,21). The monoisotopic (exact) mass is 377 g/mol. The minimum Gasteiger partial charge on any atom is -0.325 e. The maximum Gasteiger partial charge on any atom is 0.243 e. The number of carbonyl (C=O) groups is 1. The molecule has 1 aliphatic heterocycles. The van der Waals surface area contributed by atoms with Gasteiger partial charge in [0.1, 0.15) is 10.7 Å². The Hall–Kier alpha value is -1.22. The van der Waals surface area contributed by atoms with E-state index in [0.717, 1.165) is 38.1 Å². The number of benzene rings is 1. The molecule has 0 aliphatic carbocycles. The zero-order valence-corrected chi connectivity index (χ0v) is 15.2. The zero-order chi connectivity index (χ0) is 18.0. The predicted molar refractivity (Wildman–Crippen MR) is 91.1 cm³/mol. The van der Waals surface area contributed by atoms with Crippen LogP contribution in [0.2, 0.25) is 5.02 Å². The fourth-order valence-electron chi connectivity index (χ4n) is 2.57. The molecule has 1 amide bonds. The van der Waals surface area contributed by atoms with Gasteiger partial charge in [0.05, 0.1) is 10.7 Å². The highest BCUT2D eigenvalue weighted by Gasteiger charge is 2.30. The Morgan fingerprint density at radius 2 is 2.00 bits per heavy atom. The third-order valence-electron chi connectivity index (χ3n) is 4.12. The summed E-state index contributed by atoms with van der Waals surface area (Å²) in [7, 11) is -4.04. The van der Waals surface area contributed by atoms with E-state index in [4.69, 9.17) is 11.6 Å². The van der Waals surface area contributed by atoms with Gasteiger partial charge in [-0.25, -0.2) is 17.5 Å². The number of nitrogens with one attached hydrogen (secondary N) is 3. The molecule has 1 saturated heterocycles. The molecule has 1 heterocycles. The van der Waals surface area contributed by atoms with Crippen molar-refractivity contribution in [1.29, 1.82) is 0 Å². The van der Waals surface area contributed by atoms with Crippen molar-refractivity contribution in [3.63, 3.8) is 0 Å². The summed E-state index contributed by atoms with van der Waals surface area (Å²) in [6.07, 6.45) is 1.67. The molecule has 1 fully saturated rings. The summed E-state index contributed by atoms with van der Waals surface area (Å²) in [5.41, 5.74) is -0.139. The van der Waals surface area contributed by atoms with Gasteiger partial charge in [-0.3, -0.25) is 4.79 Å². The minimum atomic E-state index is -4.04. The van der Waals surface area contributed by atoms with Gasteiger partial charge in [0, 0.05) is 19.5 Å². The topological polar surface area (TPSA) is 87.3 Å². The smallest absolute Gasteiger partial charge is 0.243 e. The average molecular weight is 378 g/mol. The van der Waals surface area contributed by atoms with Crippen molar-refractivity contribution in [1.82, 2.24) is 10.0 Å². The summed E-state index contributed by atoms with van der Waals surface area (Å²) in [6.45, 7) is 5.12. The molecule has 0 radical (unpaired) electrons. The summed E-state index contributed by atoms with van der Waals surface area (Å²) < 4.78 is 41.5. The van der Waals surface area contributed by atoms with Crippen LogP contribution >= 0.6 is 11.6 Å². The number of hydrogen-bond acceptors (Lipinski definition) is 4. The molecule has 0 aromatic heterocycles. The van der Waals surface area contributed by atoms with E-state index >= 15 is 0 Å². The van der Waals surface area contributed by atoms with Crippen molar-refractivity contribution >= 4 is 33.2 Å². The van der Waals surface area contributed by atoms with Gasteiger partial charge in [-0.2, -0.15) is 0 Å². The molecular weight excluding hydrogens is 357 g/mol. The fraction of sp³-hybridized carbons (Fsp3) is 0.533. The van der Waals surface area contributed by atoms with Crippen LogP contribution in [-0.4, -0.2) is 34.0 Å². The molecule has 1 aliphatic rings. The first-order chi connectivity index (χ1) is 11.1. The van der Waals surface area contributed by atoms with Crippen LogP contribution in [0.3, 0.4) is 0 Å². The van der Waals surface area contributed by atoms with Gasteiger partial charge in [-0.15, -0.1) is 0 Å². The summed E-state index contributed by atoms with van der Waals surface area (Å²) >= 11 is 5.95. The summed E-state index contributed by atoms with van der Waals surface area (Å²) in [5.74, 6) is -1.39. The number of amides is 1. The van der Waals surface area contributed by atoms with Crippen molar-refractivity contribution < 1.29 is 17.6 Å². The first-order valence-electron chi connectivity index (χ1n) is 7.60. The molecule has 6 nitrogen and oxygen atoms in total. The lowest BCUT2D eigenvalue weighted by Gasteiger charge is -2.34. The molecule has 2 rings (SSSR count). The highest BCUT2D eigenvalue weighted by atomic mass is 35.5. The number of anilines is 1. The second-order valence-corrected chi connectivity index (χ2v) is 8.47. The first-order valence-corrected chi connectivity index (χ1v) is 9.46. The van der Waals surface area contributed by atoms with Crippen LogP contribution in [0, 0.1) is 11.2 Å². The van der Waals surface area contributed by atoms with Crippen LogP contribution in [0.5, 0.6) is 0 Å². The van der Waals surface area contributed by atoms with Gasteiger partial charge < -0.3 is 10.6 Å². The van der Waals surface area contributed by atoms with E-state index in [1.54, 1.807) is 0 Å². The minimum absolute atomic E-state index is 0.0333. The third kappa shape index (κ3) is 4.66. The number of rotatable bonds is 5. The van der Waals surface area contributed by atoms with Crippen LogP contribution < -0.4 is 15.4 Å². The molecule has 134 valence electrons. The largest absolute Gasteiger partial charge is 0.325 e. The van der Waals surface area contributed by atoms with Gasteiger partial charge in [0.2, 0.25) is 15.9 Å². The summed E-state index contributed by atoms with van der Waals surface area (Å²) in [6, 6.07) is 1.92. The Labute approximate surface area is 146 Å². The fourth-order valence-corrected chi connectivity index (χ4v) is 4.13. The lowest BCUT2D eigenvalue weighted by molar-refractivity contribution is -0.114. The van der Waals surface area contributed by atoms with Crippen molar-refractivity contribution in [2.45, 2.75) is 31.6 Å². The van der Waals surface area contributed by atoms with Crippen LogP contribution in [0.4, 0.5) is 10.1 Å². The molecule has 0 unspecified atom stereocenters. The van der Waals surface area contributed by atoms with E-state index in [1.807, 2.05) is 6.92 Å². The highest BCUT2D eigenvalue weighted by Crippen LogP contribution is 2.30. The Morgan fingerprint density at radius 3 is 2.58 bits per heavy atom. The molecule has 0 bridgehead atoms. The molecule has 0 saturated carbocycles. The Kier molecular flexibility index (Phi) is 5.85. The van der Waals surface area contributed by atoms with E-state index in [-0.39, 0.29) is 22.7 Å². The van der Waals surface area contributed by atoms with E-state index in [1.165, 1.54) is 6.92 Å². The number of halogens is 2. The maximum absolute atomic E-state index is 14.2. The Morgan fingerprint density at radius 1 is 1.38 bits per heavy atom. The Bertz CT molecular complexity index is 734. The first kappa shape index (κ1) is 19.1. The highest BCUT2D eigenvalue weighted by molar-refractivity contribution is 7.89. The third-order valence-corrected chi connectivity index (χ3v) is 5.85. The SMILES string of the molecule is CC(=O)Nc1cc(F)c(S(=O)(=O)NCC2(C)CCNCC2)cc1Cl. The normalized spacial score (nSPS) is 17.5. The number of sulfonamides is 1. The molecule has 1 aromatic rings. The summed E-state index contributed by atoms with van der Waals surface area (Å²) in [4.78, 5) is 10.5. The van der Waals surface area contributed by atoms with Gasteiger partial charge in [0.15, 0.2) is 0 Å². The average Bonchev–Trinajstić information content (AvgIpc) is 2.49. The van der Waals surface area contributed by atoms with E-state index < -0.39 is 26.6 Å². The quantitative estimate of drug-likeness (QED) is 0.733. The van der Waals surface area contributed by atoms with Crippen LogP contribution in [-0.2, 0) is 14.8 Å². The van der Waals surface area contributed by atoms with E-state index in [0.29, 0.717) is 0 Å². The van der Waals surface area contributed by atoms with Crippen molar-refractivity contribution in [3.8, 4) is 0 Å². The van der Waals surface area contributed by atoms with Gasteiger partial charge in [-0.1, -0.05) is 18.5 Å². The summed E-state index contributed by atoms with van der Waals surface area (Å²) in [5, 5.41) is 5.53. The molecule has 24 heavy (non-hydrogen) atoms. The molecule has 3 N–H and O–H groups in total. The molecular formula is C15H21ClFN3O3S. The second-order valence-electron chi connectivity index (χ2n) is 6.33. The molecule has 1 aromatic carbocycles. The lowest BCUT2D eigenvalue weighted by Crippen LogP contribution is -2.43. The maximum atomic E-state index is 14.2. The molecule has 0 spiro atoms. The molecule has 0 atom stereocenters. The van der Waals surface area contributed by atoms with Gasteiger partial charge in [-0.05, 0) is 37.4 Å². The number of piperidine rings is 1. The van der Waals surface area contributed by atoms with Crippen molar-refractivity contribution in [3.05, 3.63) is 23.0 Å². The van der Waals surface area contributed by atoms with Crippen molar-refractivity contribution in [2.75, 3.05) is 25.0 Å². The van der Waals surface area contributed by atoms with Crippen molar-refractivity contribution in [2.24, 2.45) is 5.41 Å². The number of hydrogen-bond donors (Lipinski definition) is 3. The zero-order valence-electron chi connectivity index (χ0n) is 13.6. The Balaban J connectivity index is 2.19. The second kappa shape index (κ2) is 7.35. The molecule has 9 heteroatoms. The predicted octanol–water partition coefficient (Wildman–Crippen LogP) is 2.11. The number of carbonyl (C=O) groups excluding carboxylic acids is 1. The van der Waals surface area contributed by atoms with Gasteiger partial charge in [0.25, 0.3) is 0 Å². The van der Waals surface area contributed by atoms with Gasteiger partial charge >= 0.3 is 0 Å². The van der Waals surface area contributed by atoms with E-state index in [9.17, 15) is 17.6 Å². The van der Waals surface area contributed by atoms with Crippen LogP contribution in [0.1, 0.15) is 26.7 Å². The van der Waals surface area contributed by atoms with Crippen LogP contribution in [0.15, 0.2) is 17.0 Å².